The molecule has 0 fully saturated rings. The molecule has 222 valence electrons. The van der Waals surface area contributed by atoms with Gasteiger partial charge in [-0.15, -0.1) is 0 Å². The maximum atomic E-state index is 13.5. The Balaban J connectivity index is 1.61. The molecule has 0 bridgehead atoms. The van der Waals surface area contributed by atoms with Crippen molar-refractivity contribution in [2.75, 3.05) is 20.1 Å². The van der Waals surface area contributed by atoms with E-state index in [1.807, 2.05) is 43.3 Å². The quantitative estimate of drug-likeness (QED) is 0.224. The standard InChI is InChI=1S/C32H43N3O5S/c1-5-25-21-26(29-15-9-14-27(34-29)17-19-31(37)38)16-18-30(25)41(39,40)35(4)23-28(36)22-33-32(2,3)20-10-13-24-11-7-6-8-12-24/h6-9,11-12,14-16,18,21,28,33,36H,5,10,13,17,19-20,22-23H2,1-4H3,(H,37,38)/t28-/m0/s1. The van der Waals surface area contributed by atoms with Gasteiger partial charge in [-0.2, -0.15) is 4.31 Å². The van der Waals surface area contributed by atoms with Gasteiger partial charge in [-0.25, -0.2) is 8.42 Å². The molecule has 0 aliphatic heterocycles. The first-order valence-electron chi connectivity index (χ1n) is 14.2. The summed E-state index contributed by atoms with van der Waals surface area (Å²) in [6.45, 7) is 6.33. The van der Waals surface area contributed by atoms with Crippen molar-refractivity contribution < 1.29 is 23.4 Å². The van der Waals surface area contributed by atoms with E-state index < -0.39 is 22.1 Å². The smallest absolute Gasteiger partial charge is 0.303 e. The van der Waals surface area contributed by atoms with Gasteiger partial charge < -0.3 is 15.5 Å². The van der Waals surface area contributed by atoms with Crippen LogP contribution in [-0.4, -0.2) is 65.7 Å². The number of carboxylic acid groups (broad SMARTS) is 1. The Kier molecular flexibility index (Phi) is 11.6. The van der Waals surface area contributed by atoms with Crippen LogP contribution in [0.3, 0.4) is 0 Å². The third-order valence-corrected chi connectivity index (χ3v) is 9.15. The highest BCUT2D eigenvalue weighted by Crippen LogP contribution is 2.27. The van der Waals surface area contributed by atoms with Gasteiger partial charge in [0.05, 0.1) is 23.1 Å². The van der Waals surface area contributed by atoms with Crippen molar-refractivity contribution in [1.29, 1.82) is 0 Å². The number of aliphatic carboxylic acids is 1. The van der Waals surface area contributed by atoms with Crippen LogP contribution in [0.2, 0.25) is 0 Å². The topological polar surface area (TPSA) is 120 Å². The molecule has 0 aliphatic carbocycles. The van der Waals surface area contributed by atoms with E-state index in [9.17, 15) is 18.3 Å². The van der Waals surface area contributed by atoms with Crippen LogP contribution < -0.4 is 5.32 Å². The second-order valence-electron chi connectivity index (χ2n) is 11.1. The van der Waals surface area contributed by atoms with Crippen LogP contribution in [0.15, 0.2) is 71.6 Å². The Labute approximate surface area is 244 Å². The summed E-state index contributed by atoms with van der Waals surface area (Å²) in [6, 6.07) is 20.9. The fraction of sp³-hybridized carbons (Fsp3) is 0.438. The summed E-state index contributed by atoms with van der Waals surface area (Å²) < 4.78 is 28.2. The molecular weight excluding hydrogens is 538 g/mol. The van der Waals surface area contributed by atoms with Gasteiger partial charge in [-0.05, 0) is 74.9 Å². The van der Waals surface area contributed by atoms with Crippen LogP contribution in [-0.2, 0) is 34.1 Å². The second kappa shape index (κ2) is 14.7. The number of hydrogen-bond donors (Lipinski definition) is 3. The number of benzene rings is 2. The number of aliphatic hydroxyl groups excluding tert-OH is 1. The highest BCUT2D eigenvalue weighted by Gasteiger charge is 2.27. The van der Waals surface area contributed by atoms with E-state index in [-0.39, 0.29) is 29.9 Å². The molecule has 0 saturated heterocycles. The van der Waals surface area contributed by atoms with Crippen molar-refractivity contribution in [2.24, 2.45) is 0 Å². The molecule has 0 unspecified atom stereocenters. The Morgan fingerprint density at radius 3 is 2.46 bits per heavy atom. The summed E-state index contributed by atoms with van der Waals surface area (Å²) in [5.41, 5.74) is 3.85. The molecule has 41 heavy (non-hydrogen) atoms. The molecule has 1 heterocycles. The molecular formula is C32H43N3O5S. The summed E-state index contributed by atoms with van der Waals surface area (Å²) in [5, 5.41) is 23.1. The molecule has 8 nitrogen and oxygen atoms in total. The van der Waals surface area contributed by atoms with Crippen molar-refractivity contribution in [1.82, 2.24) is 14.6 Å². The van der Waals surface area contributed by atoms with Crippen molar-refractivity contribution in [3.05, 3.63) is 83.6 Å². The maximum Gasteiger partial charge on any atom is 0.303 e. The number of sulfonamides is 1. The third kappa shape index (κ3) is 9.74. The number of nitrogens with zero attached hydrogens (tertiary/aromatic N) is 2. The molecule has 2 aromatic carbocycles. The van der Waals surface area contributed by atoms with Crippen molar-refractivity contribution >= 4 is 16.0 Å². The molecule has 0 amide bonds. The van der Waals surface area contributed by atoms with Crippen LogP contribution in [0.5, 0.6) is 0 Å². The highest BCUT2D eigenvalue weighted by atomic mass is 32.2. The summed E-state index contributed by atoms with van der Waals surface area (Å²) in [7, 11) is -2.35. The molecule has 9 heteroatoms. The number of nitrogens with one attached hydrogen (secondary N) is 1. The minimum Gasteiger partial charge on any atom is -0.481 e. The van der Waals surface area contributed by atoms with Crippen LogP contribution in [0.1, 0.15) is 56.9 Å². The van der Waals surface area contributed by atoms with Crippen molar-refractivity contribution in [3.63, 3.8) is 0 Å². The van der Waals surface area contributed by atoms with Gasteiger partial charge in [0, 0.05) is 43.4 Å². The van der Waals surface area contributed by atoms with Crippen LogP contribution in [0, 0.1) is 0 Å². The monoisotopic (exact) mass is 581 g/mol. The van der Waals surface area contributed by atoms with Gasteiger partial charge in [0.15, 0.2) is 0 Å². The number of aromatic nitrogens is 1. The summed E-state index contributed by atoms with van der Waals surface area (Å²) >= 11 is 0. The van der Waals surface area contributed by atoms with E-state index in [0.717, 1.165) is 24.8 Å². The van der Waals surface area contributed by atoms with Gasteiger partial charge >= 0.3 is 5.97 Å². The minimum absolute atomic E-state index is 0.00664. The first-order valence-corrected chi connectivity index (χ1v) is 15.6. The van der Waals surface area contributed by atoms with Gasteiger partial charge in [0.1, 0.15) is 0 Å². The lowest BCUT2D eigenvalue weighted by molar-refractivity contribution is -0.136. The van der Waals surface area contributed by atoms with Crippen molar-refractivity contribution in [3.8, 4) is 11.3 Å². The van der Waals surface area contributed by atoms with Gasteiger partial charge in [-0.3, -0.25) is 9.78 Å². The van der Waals surface area contributed by atoms with Crippen LogP contribution in [0.25, 0.3) is 11.3 Å². The summed E-state index contributed by atoms with van der Waals surface area (Å²) in [5.74, 6) is -0.882. The number of likely N-dealkylation sites (N-methyl/N-ethyl adjacent to an activating group) is 1. The van der Waals surface area contributed by atoms with Gasteiger partial charge in [0.25, 0.3) is 0 Å². The fourth-order valence-electron chi connectivity index (χ4n) is 4.77. The lowest BCUT2D eigenvalue weighted by Crippen LogP contribution is -2.46. The van der Waals surface area contributed by atoms with Crippen molar-refractivity contribution in [2.45, 2.75) is 75.8 Å². The zero-order chi connectivity index (χ0) is 30.0. The van der Waals surface area contributed by atoms with Crippen LogP contribution in [0.4, 0.5) is 0 Å². The molecule has 3 N–H and O–H groups in total. The first-order chi connectivity index (χ1) is 19.4. The Hall–Kier alpha value is -3.11. The number of aliphatic hydroxyl groups is 1. The Morgan fingerprint density at radius 1 is 1.05 bits per heavy atom. The molecule has 3 aromatic rings. The SMILES string of the molecule is CCc1cc(-c2cccc(CCC(=O)O)n2)ccc1S(=O)(=O)N(C)C[C@@H](O)CNC(C)(C)CCCc1ccccc1. The Morgan fingerprint density at radius 2 is 1.78 bits per heavy atom. The number of aryl methyl sites for hydroxylation is 3. The predicted octanol–water partition coefficient (Wildman–Crippen LogP) is 4.70. The zero-order valence-corrected chi connectivity index (χ0v) is 25.3. The molecule has 1 aromatic heterocycles. The summed E-state index contributed by atoms with van der Waals surface area (Å²) in [4.78, 5) is 15.7. The molecule has 0 aliphatic rings. The lowest BCUT2D eigenvalue weighted by atomic mass is 9.95. The van der Waals surface area contributed by atoms with E-state index >= 15 is 0 Å². The van der Waals surface area contributed by atoms with Gasteiger partial charge in [-0.1, -0.05) is 49.4 Å². The number of β-amino-alcohol motifs (C(OH)–C–C–N with tert-alkyl or cyclic N) is 1. The van der Waals surface area contributed by atoms with E-state index in [0.29, 0.717) is 29.8 Å². The number of carboxylic acids is 1. The third-order valence-electron chi connectivity index (χ3n) is 7.22. The minimum atomic E-state index is -3.84. The van der Waals surface area contributed by atoms with E-state index in [4.69, 9.17) is 5.11 Å². The average Bonchev–Trinajstić information content (AvgIpc) is 2.95. The summed E-state index contributed by atoms with van der Waals surface area (Å²) in [6.07, 6.45) is 2.86. The maximum absolute atomic E-state index is 13.5. The Bertz CT molecular complexity index is 1390. The van der Waals surface area contributed by atoms with E-state index in [2.05, 4.69) is 36.3 Å². The van der Waals surface area contributed by atoms with E-state index in [1.54, 1.807) is 18.2 Å². The molecule has 0 radical (unpaired) electrons. The number of hydrogen-bond acceptors (Lipinski definition) is 6. The highest BCUT2D eigenvalue weighted by molar-refractivity contribution is 7.89. The molecule has 1 atom stereocenters. The number of rotatable bonds is 16. The van der Waals surface area contributed by atoms with E-state index in [1.165, 1.54) is 16.9 Å². The number of pyridine rings is 1. The largest absolute Gasteiger partial charge is 0.481 e. The van der Waals surface area contributed by atoms with Crippen LogP contribution >= 0.6 is 0 Å². The normalized spacial score (nSPS) is 12.9. The van der Waals surface area contributed by atoms with Gasteiger partial charge in [0.2, 0.25) is 10.0 Å². The fourth-order valence-corrected chi connectivity index (χ4v) is 6.25. The molecule has 0 saturated carbocycles. The molecule has 0 spiro atoms. The predicted molar refractivity (Wildman–Crippen MR) is 162 cm³/mol. The molecule has 3 rings (SSSR count). The number of carbonyl (C=O) groups is 1. The average molecular weight is 582 g/mol. The second-order valence-corrected chi connectivity index (χ2v) is 13.1. The lowest BCUT2D eigenvalue weighted by Gasteiger charge is -2.29. The zero-order valence-electron chi connectivity index (χ0n) is 24.5. The first kappa shape index (κ1) is 32.4.